The molecule has 1 N–H and O–H groups in total. The number of hydrogen-bond donors (Lipinski definition) is 1. The molecule has 0 bridgehead atoms. The van der Waals surface area contributed by atoms with Crippen LogP contribution in [0.4, 0.5) is 17.6 Å². The van der Waals surface area contributed by atoms with Gasteiger partial charge in [-0.3, -0.25) is 14.8 Å². The molecule has 0 amide bonds. The minimum atomic E-state index is -2.81. The quantitative estimate of drug-likeness (QED) is 0.464. The summed E-state index contributed by atoms with van der Waals surface area (Å²) in [4.78, 5) is 8.06. The van der Waals surface area contributed by atoms with Crippen molar-refractivity contribution >= 4 is 11.0 Å². The number of nitrogens with zero attached hydrogens (tertiary/aromatic N) is 5. The van der Waals surface area contributed by atoms with Gasteiger partial charge in [0, 0.05) is 29.3 Å². The lowest BCUT2D eigenvalue weighted by Crippen LogP contribution is -2.39. The molecule has 1 aliphatic rings. The number of aromatic nitrogens is 6. The Morgan fingerprint density at radius 2 is 2.12 bits per heavy atom. The van der Waals surface area contributed by atoms with Crippen molar-refractivity contribution in [2.24, 2.45) is 0 Å². The molecule has 166 valence electrons. The number of aromatic amines is 1. The van der Waals surface area contributed by atoms with Gasteiger partial charge in [-0.15, -0.1) is 0 Å². The van der Waals surface area contributed by atoms with E-state index in [2.05, 4.69) is 25.3 Å². The first kappa shape index (κ1) is 20.6. The monoisotopic (exact) mass is 446 g/mol. The van der Waals surface area contributed by atoms with Crippen LogP contribution < -0.4 is 0 Å². The van der Waals surface area contributed by atoms with Crippen LogP contribution in [0.3, 0.4) is 0 Å². The van der Waals surface area contributed by atoms with E-state index in [0.717, 1.165) is 6.20 Å². The number of alkyl halides is 3. The van der Waals surface area contributed by atoms with Crippen molar-refractivity contribution in [1.29, 1.82) is 0 Å². The summed E-state index contributed by atoms with van der Waals surface area (Å²) in [5.41, 5.74) is 0.469. The number of H-pyrrole nitrogens is 1. The minimum Gasteiger partial charge on any atom is -0.381 e. The van der Waals surface area contributed by atoms with Crippen molar-refractivity contribution in [3.05, 3.63) is 47.8 Å². The Hall–Kier alpha value is -3.34. The smallest absolute Gasteiger partial charge is 0.280 e. The molecule has 1 atom stereocenters. The molecule has 4 aromatic rings. The van der Waals surface area contributed by atoms with Gasteiger partial charge < -0.3 is 4.74 Å². The summed E-state index contributed by atoms with van der Waals surface area (Å²) >= 11 is 0. The maximum absolute atomic E-state index is 15.2. The van der Waals surface area contributed by atoms with E-state index in [1.165, 1.54) is 36.2 Å². The molecule has 0 unspecified atom stereocenters. The number of ether oxygens (including phenoxy) is 1. The summed E-state index contributed by atoms with van der Waals surface area (Å²) in [7, 11) is 1.43. The number of rotatable bonds is 5. The highest BCUT2D eigenvalue weighted by Crippen LogP contribution is 2.42. The van der Waals surface area contributed by atoms with E-state index in [1.54, 1.807) is 0 Å². The summed E-state index contributed by atoms with van der Waals surface area (Å²) in [6.45, 7) is -0.159. The molecule has 5 heterocycles. The third-order valence-corrected chi connectivity index (χ3v) is 5.61. The second kappa shape index (κ2) is 7.66. The standard InChI is InChI=1S/C21H18F4N6O/c1-32-10-21(25)5-4-16-17(12-6-15(19(23)24)28-20-13(12)8-27-29-20)18(30-31(16)9-21)14-3-2-11(22)7-26-14/h2-3,6-8,19H,4-5,9-10H2,1H3,(H,27,28,29)/t21-/m0/s1. The zero-order valence-electron chi connectivity index (χ0n) is 16.9. The van der Waals surface area contributed by atoms with Gasteiger partial charge in [0.05, 0.1) is 31.2 Å². The number of nitrogens with one attached hydrogen (secondary N) is 1. The molecular weight excluding hydrogens is 428 g/mol. The van der Waals surface area contributed by atoms with E-state index < -0.39 is 23.6 Å². The van der Waals surface area contributed by atoms with Crippen LogP contribution in [0.2, 0.25) is 0 Å². The fraction of sp³-hybridized carbons (Fsp3) is 0.333. The summed E-state index contributed by atoms with van der Waals surface area (Å²) in [5, 5.41) is 11.7. The number of halogens is 4. The van der Waals surface area contributed by atoms with Crippen LogP contribution in [0, 0.1) is 5.82 Å². The summed E-state index contributed by atoms with van der Waals surface area (Å²) in [5.74, 6) is -0.525. The van der Waals surface area contributed by atoms with Crippen molar-refractivity contribution in [3.63, 3.8) is 0 Å². The average Bonchev–Trinajstić information content (AvgIpc) is 3.37. The van der Waals surface area contributed by atoms with E-state index in [1.807, 2.05) is 0 Å². The van der Waals surface area contributed by atoms with E-state index >= 15 is 4.39 Å². The van der Waals surface area contributed by atoms with Crippen LogP contribution >= 0.6 is 0 Å². The third kappa shape index (κ3) is 3.42. The van der Waals surface area contributed by atoms with E-state index in [9.17, 15) is 13.2 Å². The zero-order valence-corrected chi connectivity index (χ0v) is 16.9. The van der Waals surface area contributed by atoms with Gasteiger partial charge in [-0.05, 0) is 31.0 Å². The van der Waals surface area contributed by atoms with Gasteiger partial charge in [0.2, 0.25) is 0 Å². The lowest BCUT2D eigenvalue weighted by Gasteiger charge is -2.30. The van der Waals surface area contributed by atoms with Crippen LogP contribution in [0.5, 0.6) is 0 Å². The Morgan fingerprint density at radius 1 is 1.28 bits per heavy atom. The highest BCUT2D eigenvalue weighted by Gasteiger charge is 2.38. The maximum atomic E-state index is 15.2. The van der Waals surface area contributed by atoms with Crippen molar-refractivity contribution in [1.82, 2.24) is 29.9 Å². The molecular formula is C21H18F4N6O. The molecule has 0 spiro atoms. The van der Waals surface area contributed by atoms with Gasteiger partial charge in [-0.25, -0.2) is 22.5 Å². The number of fused-ring (bicyclic) bond motifs is 2. The van der Waals surface area contributed by atoms with Crippen LogP contribution in [0.25, 0.3) is 33.5 Å². The van der Waals surface area contributed by atoms with Crippen molar-refractivity contribution < 1.29 is 22.3 Å². The van der Waals surface area contributed by atoms with Crippen LogP contribution in [-0.4, -0.2) is 49.3 Å². The molecule has 5 rings (SSSR count). The zero-order chi connectivity index (χ0) is 22.5. The van der Waals surface area contributed by atoms with E-state index in [0.29, 0.717) is 40.0 Å². The second-order valence-electron chi connectivity index (χ2n) is 7.80. The van der Waals surface area contributed by atoms with E-state index in [4.69, 9.17) is 4.74 Å². The van der Waals surface area contributed by atoms with Gasteiger partial charge >= 0.3 is 0 Å². The van der Waals surface area contributed by atoms with Crippen LogP contribution in [0.1, 0.15) is 24.2 Å². The molecule has 11 heteroatoms. The van der Waals surface area contributed by atoms with Crippen LogP contribution in [0.15, 0.2) is 30.6 Å². The average molecular weight is 446 g/mol. The highest BCUT2D eigenvalue weighted by atomic mass is 19.3. The molecule has 32 heavy (non-hydrogen) atoms. The Balaban J connectivity index is 1.77. The minimum absolute atomic E-state index is 0.0638. The molecule has 7 nitrogen and oxygen atoms in total. The maximum Gasteiger partial charge on any atom is 0.280 e. The predicted molar refractivity (Wildman–Crippen MR) is 107 cm³/mol. The largest absolute Gasteiger partial charge is 0.381 e. The SMILES string of the molecule is COC[C@]1(F)CCc2c(-c3cc(C(F)F)nc4[nH]ncc34)c(-c3ccc(F)cn3)nn2C1. The van der Waals surface area contributed by atoms with Crippen molar-refractivity contribution in [2.75, 3.05) is 13.7 Å². The fourth-order valence-electron chi connectivity index (χ4n) is 4.19. The van der Waals surface area contributed by atoms with Crippen LogP contribution in [-0.2, 0) is 17.7 Å². The first-order valence-electron chi connectivity index (χ1n) is 9.90. The Kier molecular flexibility index (Phi) is 4.92. The number of methoxy groups -OCH3 is 1. The number of pyridine rings is 2. The lowest BCUT2D eigenvalue weighted by atomic mass is 9.91. The first-order valence-corrected chi connectivity index (χ1v) is 9.90. The van der Waals surface area contributed by atoms with Gasteiger partial charge in [-0.2, -0.15) is 10.2 Å². The third-order valence-electron chi connectivity index (χ3n) is 5.61. The Labute approximate surface area is 179 Å². The number of hydrogen-bond acceptors (Lipinski definition) is 5. The molecule has 0 saturated heterocycles. The topological polar surface area (TPSA) is 81.5 Å². The van der Waals surface area contributed by atoms with Crippen molar-refractivity contribution in [2.45, 2.75) is 31.5 Å². The molecule has 0 saturated carbocycles. The molecule has 4 aromatic heterocycles. The lowest BCUT2D eigenvalue weighted by molar-refractivity contribution is 0.0100. The van der Waals surface area contributed by atoms with E-state index in [-0.39, 0.29) is 25.2 Å². The predicted octanol–water partition coefficient (Wildman–Crippen LogP) is 4.26. The second-order valence-corrected chi connectivity index (χ2v) is 7.80. The molecule has 0 aliphatic carbocycles. The fourth-order valence-corrected chi connectivity index (χ4v) is 4.19. The molecule has 0 radical (unpaired) electrons. The summed E-state index contributed by atoms with van der Waals surface area (Å²) < 4.78 is 62.5. The van der Waals surface area contributed by atoms with Gasteiger partial charge in [0.1, 0.15) is 17.2 Å². The van der Waals surface area contributed by atoms with Crippen molar-refractivity contribution in [3.8, 4) is 22.5 Å². The normalized spacial score (nSPS) is 18.4. The van der Waals surface area contributed by atoms with Gasteiger partial charge in [0.15, 0.2) is 11.3 Å². The molecule has 0 aromatic carbocycles. The summed E-state index contributed by atoms with van der Waals surface area (Å²) in [6.07, 6.45) is 0.213. The molecule has 1 aliphatic heterocycles. The highest BCUT2D eigenvalue weighted by molar-refractivity contribution is 5.97. The summed E-state index contributed by atoms with van der Waals surface area (Å²) in [6, 6.07) is 3.98. The van der Waals surface area contributed by atoms with Gasteiger partial charge in [-0.1, -0.05) is 0 Å². The first-order chi connectivity index (χ1) is 15.4. The molecule has 0 fully saturated rings. The Bertz CT molecular complexity index is 1290. The van der Waals surface area contributed by atoms with Gasteiger partial charge in [0.25, 0.3) is 6.43 Å². The Morgan fingerprint density at radius 3 is 2.84 bits per heavy atom.